The van der Waals surface area contributed by atoms with E-state index in [9.17, 15) is 19.5 Å². The summed E-state index contributed by atoms with van der Waals surface area (Å²) in [6.07, 6.45) is -0.249. The summed E-state index contributed by atoms with van der Waals surface area (Å²) >= 11 is 0. The number of hydrogen-bond donors (Lipinski definition) is 2. The Hall–Kier alpha value is -1.79. The Balaban J connectivity index is 2.77. The van der Waals surface area contributed by atoms with Crippen LogP contribution in [0.2, 0.25) is 0 Å². The monoisotopic (exact) mass is 314 g/mol. The van der Waals surface area contributed by atoms with Gasteiger partial charge in [-0.15, -0.1) is 0 Å². The smallest absolute Gasteiger partial charge is 0.408 e. The molecule has 1 saturated heterocycles. The Morgan fingerprint density at radius 2 is 1.91 bits per heavy atom. The number of ether oxygens (including phenoxy) is 1. The number of likely N-dealkylation sites (tertiary alicyclic amines) is 1. The summed E-state index contributed by atoms with van der Waals surface area (Å²) in [6.45, 7) is 9.24. The van der Waals surface area contributed by atoms with Crippen LogP contribution in [0, 0.1) is 5.92 Å². The minimum Gasteiger partial charge on any atom is -0.479 e. The van der Waals surface area contributed by atoms with E-state index in [0.29, 0.717) is 13.0 Å². The Bertz CT molecular complexity index is 455. The topological polar surface area (TPSA) is 95.9 Å². The van der Waals surface area contributed by atoms with Gasteiger partial charge in [0.05, 0.1) is 6.54 Å². The van der Waals surface area contributed by atoms with Crippen LogP contribution in [0.15, 0.2) is 0 Å². The van der Waals surface area contributed by atoms with Gasteiger partial charge in [0.15, 0.2) is 5.54 Å². The fourth-order valence-electron chi connectivity index (χ4n) is 2.33. The predicted molar refractivity (Wildman–Crippen MR) is 80.4 cm³/mol. The Kier molecular flexibility index (Phi) is 5.43. The molecule has 2 N–H and O–H groups in total. The van der Waals surface area contributed by atoms with Crippen molar-refractivity contribution in [1.29, 1.82) is 0 Å². The van der Waals surface area contributed by atoms with Crippen molar-refractivity contribution < 1.29 is 24.2 Å². The second-order valence-electron chi connectivity index (χ2n) is 7.18. The van der Waals surface area contributed by atoms with E-state index in [2.05, 4.69) is 5.32 Å². The van der Waals surface area contributed by atoms with Crippen molar-refractivity contribution >= 4 is 18.0 Å². The molecule has 0 aromatic carbocycles. The molecular weight excluding hydrogens is 288 g/mol. The van der Waals surface area contributed by atoms with Crippen LogP contribution < -0.4 is 5.32 Å². The van der Waals surface area contributed by atoms with Crippen molar-refractivity contribution in [3.8, 4) is 0 Å². The van der Waals surface area contributed by atoms with Crippen LogP contribution in [0.25, 0.3) is 0 Å². The summed E-state index contributed by atoms with van der Waals surface area (Å²) < 4.78 is 5.12. The number of carboxylic acid groups (broad SMARTS) is 1. The number of nitrogens with one attached hydrogen (secondary N) is 1. The summed E-state index contributed by atoms with van der Waals surface area (Å²) in [7, 11) is 0. The molecule has 1 heterocycles. The van der Waals surface area contributed by atoms with E-state index in [-0.39, 0.29) is 24.8 Å². The zero-order valence-electron chi connectivity index (χ0n) is 13.9. The number of alkyl carbamates (subject to hydrolysis) is 1. The van der Waals surface area contributed by atoms with E-state index in [1.54, 1.807) is 20.8 Å². The lowest BCUT2D eigenvalue weighted by Gasteiger charge is -2.28. The van der Waals surface area contributed by atoms with E-state index in [1.807, 2.05) is 13.8 Å². The van der Waals surface area contributed by atoms with Crippen LogP contribution in [-0.4, -0.2) is 52.2 Å². The molecule has 0 spiro atoms. The molecule has 1 aliphatic rings. The molecule has 0 aromatic heterocycles. The first-order valence-electron chi connectivity index (χ1n) is 7.47. The lowest BCUT2D eigenvalue weighted by Crippen LogP contribution is -2.57. The molecule has 0 bridgehead atoms. The van der Waals surface area contributed by atoms with Crippen LogP contribution >= 0.6 is 0 Å². The second-order valence-corrected chi connectivity index (χ2v) is 7.18. The summed E-state index contributed by atoms with van der Waals surface area (Å²) in [6, 6.07) is 0. The molecule has 126 valence electrons. The van der Waals surface area contributed by atoms with Gasteiger partial charge in [0.1, 0.15) is 5.60 Å². The molecule has 0 aliphatic carbocycles. The van der Waals surface area contributed by atoms with E-state index < -0.39 is 23.2 Å². The highest BCUT2D eigenvalue weighted by Gasteiger charge is 2.48. The Morgan fingerprint density at radius 1 is 1.32 bits per heavy atom. The number of aliphatic carboxylic acids is 1. The van der Waals surface area contributed by atoms with Gasteiger partial charge < -0.3 is 20.1 Å². The lowest BCUT2D eigenvalue weighted by molar-refractivity contribution is -0.144. The number of hydrogen-bond acceptors (Lipinski definition) is 4. The third-order valence-corrected chi connectivity index (χ3v) is 3.35. The number of carbonyl (C=O) groups is 3. The average molecular weight is 314 g/mol. The van der Waals surface area contributed by atoms with E-state index in [0.717, 1.165) is 0 Å². The minimum absolute atomic E-state index is 0.0346. The van der Waals surface area contributed by atoms with Gasteiger partial charge in [-0.1, -0.05) is 13.8 Å². The maximum Gasteiger partial charge on any atom is 0.408 e. The molecule has 1 atom stereocenters. The molecule has 2 amide bonds. The second kappa shape index (κ2) is 6.54. The fourth-order valence-corrected chi connectivity index (χ4v) is 2.33. The number of carboxylic acids is 1. The van der Waals surface area contributed by atoms with Gasteiger partial charge in [0.25, 0.3) is 0 Å². The van der Waals surface area contributed by atoms with Gasteiger partial charge in [-0.2, -0.15) is 0 Å². The van der Waals surface area contributed by atoms with Crippen molar-refractivity contribution in [1.82, 2.24) is 10.2 Å². The highest BCUT2D eigenvalue weighted by atomic mass is 16.6. The van der Waals surface area contributed by atoms with Crippen molar-refractivity contribution in [3.05, 3.63) is 0 Å². The van der Waals surface area contributed by atoms with Crippen LogP contribution in [0.4, 0.5) is 4.79 Å². The van der Waals surface area contributed by atoms with Gasteiger partial charge >= 0.3 is 12.1 Å². The summed E-state index contributed by atoms with van der Waals surface area (Å²) in [5, 5.41) is 11.9. The largest absolute Gasteiger partial charge is 0.479 e. The van der Waals surface area contributed by atoms with Crippen LogP contribution in [-0.2, 0) is 14.3 Å². The Labute approximate surface area is 131 Å². The first-order chi connectivity index (χ1) is 9.95. The van der Waals surface area contributed by atoms with Gasteiger partial charge in [0.2, 0.25) is 5.91 Å². The first kappa shape index (κ1) is 18.3. The van der Waals surface area contributed by atoms with Crippen LogP contribution in [0.5, 0.6) is 0 Å². The molecule has 1 unspecified atom stereocenters. The fraction of sp³-hybridized carbons (Fsp3) is 0.800. The quantitative estimate of drug-likeness (QED) is 0.822. The van der Waals surface area contributed by atoms with Gasteiger partial charge in [-0.05, 0) is 26.7 Å². The molecule has 0 radical (unpaired) electrons. The lowest BCUT2D eigenvalue weighted by atomic mass is 9.99. The van der Waals surface area contributed by atoms with E-state index >= 15 is 0 Å². The van der Waals surface area contributed by atoms with Crippen LogP contribution in [0.3, 0.4) is 0 Å². The average Bonchev–Trinajstić information content (AvgIpc) is 2.70. The maximum atomic E-state index is 12.1. The molecule has 1 rings (SSSR count). The summed E-state index contributed by atoms with van der Waals surface area (Å²) in [5.74, 6) is -1.05. The number of amides is 2. The molecule has 1 fully saturated rings. The SMILES string of the molecule is CC(C)CC(=O)N1CCC(NC(=O)OC(C)(C)C)(C(=O)O)C1. The molecule has 0 saturated carbocycles. The molecule has 7 heteroatoms. The van der Waals surface area contributed by atoms with Crippen molar-refractivity contribution in [2.45, 2.75) is 58.6 Å². The predicted octanol–water partition coefficient (Wildman–Crippen LogP) is 1.61. The molecule has 1 aliphatic heterocycles. The molecular formula is C15H26N2O5. The maximum absolute atomic E-state index is 12.1. The third-order valence-electron chi connectivity index (χ3n) is 3.35. The number of rotatable bonds is 4. The number of carbonyl (C=O) groups excluding carboxylic acids is 2. The standard InChI is InChI=1S/C15H26N2O5/c1-10(2)8-11(18)17-7-6-15(9-17,12(19)20)16-13(21)22-14(3,4)5/h10H,6-9H2,1-5H3,(H,16,21)(H,19,20). The van der Waals surface area contributed by atoms with Gasteiger partial charge in [-0.25, -0.2) is 9.59 Å². The van der Waals surface area contributed by atoms with Crippen molar-refractivity contribution in [3.63, 3.8) is 0 Å². The van der Waals surface area contributed by atoms with Crippen LogP contribution in [0.1, 0.15) is 47.5 Å². The van der Waals surface area contributed by atoms with E-state index in [1.165, 1.54) is 4.90 Å². The Morgan fingerprint density at radius 3 is 2.36 bits per heavy atom. The normalized spacial score (nSPS) is 21.8. The van der Waals surface area contributed by atoms with Gasteiger partial charge in [-0.3, -0.25) is 4.79 Å². The summed E-state index contributed by atoms with van der Waals surface area (Å²) in [4.78, 5) is 37.0. The van der Waals surface area contributed by atoms with Crippen molar-refractivity contribution in [2.24, 2.45) is 5.92 Å². The zero-order chi connectivity index (χ0) is 17.1. The number of nitrogens with zero attached hydrogens (tertiary/aromatic N) is 1. The summed E-state index contributed by atoms with van der Waals surface area (Å²) in [5.41, 5.74) is -2.19. The van der Waals surface area contributed by atoms with Gasteiger partial charge in [0, 0.05) is 19.4 Å². The van der Waals surface area contributed by atoms with Crippen molar-refractivity contribution in [2.75, 3.05) is 13.1 Å². The first-order valence-corrected chi connectivity index (χ1v) is 7.47. The molecule has 0 aromatic rings. The minimum atomic E-state index is -1.48. The highest BCUT2D eigenvalue weighted by Crippen LogP contribution is 2.24. The zero-order valence-corrected chi connectivity index (χ0v) is 13.9. The molecule has 22 heavy (non-hydrogen) atoms. The highest BCUT2D eigenvalue weighted by molar-refractivity contribution is 5.87. The molecule has 7 nitrogen and oxygen atoms in total. The van der Waals surface area contributed by atoms with E-state index in [4.69, 9.17) is 4.74 Å². The third kappa shape index (κ3) is 4.89.